The second kappa shape index (κ2) is 7.66. The summed E-state index contributed by atoms with van der Waals surface area (Å²) in [6.07, 6.45) is 3.13. The lowest BCUT2D eigenvalue weighted by Gasteiger charge is -2.19. The summed E-state index contributed by atoms with van der Waals surface area (Å²) in [5.74, 6) is 0. The Bertz CT molecular complexity index is 577. The maximum atomic E-state index is 4.32. The fourth-order valence-corrected chi connectivity index (χ4v) is 3.40. The molecule has 2 rings (SSSR count). The summed E-state index contributed by atoms with van der Waals surface area (Å²) in [6.45, 7) is 9.65. The first-order valence-electron chi connectivity index (χ1n) is 7.76. The lowest BCUT2D eigenvalue weighted by atomic mass is 9.97. The molecule has 1 N–H and O–H groups in total. The normalized spacial score (nSPS) is 12.6. The number of aryl methyl sites for hydroxylation is 3. The fourth-order valence-electron chi connectivity index (χ4n) is 2.63. The lowest BCUT2D eigenvalue weighted by molar-refractivity contribution is 0.550. The van der Waals surface area contributed by atoms with Gasteiger partial charge in [0.25, 0.3) is 0 Å². The van der Waals surface area contributed by atoms with Crippen molar-refractivity contribution in [3.8, 4) is 0 Å². The molecule has 3 nitrogen and oxygen atoms in total. The zero-order valence-electron chi connectivity index (χ0n) is 13.4. The number of nitrogens with zero attached hydrogens (tertiary/aromatic N) is 2. The van der Waals surface area contributed by atoms with Crippen molar-refractivity contribution in [3.63, 3.8) is 0 Å². The Morgan fingerprint density at radius 3 is 2.76 bits per heavy atom. The largest absolute Gasteiger partial charge is 0.309 e. The number of likely N-dealkylation sites (N-methyl/N-ethyl adjacent to an activating group) is 1. The Balaban J connectivity index is 2.26. The Kier molecular flexibility index (Phi) is 5.88. The van der Waals surface area contributed by atoms with Crippen LogP contribution in [0.15, 0.2) is 18.2 Å². The van der Waals surface area contributed by atoms with E-state index in [9.17, 15) is 0 Å². The molecule has 0 bridgehead atoms. The van der Waals surface area contributed by atoms with Gasteiger partial charge >= 0.3 is 0 Å². The van der Waals surface area contributed by atoms with Crippen LogP contribution in [0.4, 0.5) is 0 Å². The van der Waals surface area contributed by atoms with E-state index in [0.29, 0.717) is 6.04 Å². The number of hydrogen-bond acceptors (Lipinski definition) is 4. The van der Waals surface area contributed by atoms with Crippen LogP contribution in [0.2, 0.25) is 0 Å². The molecule has 1 aromatic heterocycles. The molecule has 1 unspecified atom stereocenters. The maximum Gasteiger partial charge on any atom is 0.0803 e. The van der Waals surface area contributed by atoms with E-state index in [4.69, 9.17) is 0 Å². The van der Waals surface area contributed by atoms with Crippen molar-refractivity contribution in [3.05, 3.63) is 45.5 Å². The monoisotopic (exact) mass is 303 g/mol. The van der Waals surface area contributed by atoms with Gasteiger partial charge in [-0.3, -0.25) is 0 Å². The minimum absolute atomic E-state index is 0.317. The van der Waals surface area contributed by atoms with Gasteiger partial charge in [-0.25, -0.2) is 0 Å². The van der Waals surface area contributed by atoms with Crippen LogP contribution in [0.5, 0.6) is 0 Å². The highest BCUT2D eigenvalue weighted by atomic mass is 32.1. The predicted octanol–water partition coefficient (Wildman–Crippen LogP) is 4.00. The van der Waals surface area contributed by atoms with Crippen molar-refractivity contribution in [2.75, 3.05) is 6.54 Å². The van der Waals surface area contributed by atoms with Gasteiger partial charge in [-0.1, -0.05) is 48.5 Å². The number of aromatic nitrogens is 2. The second-order valence-electron chi connectivity index (χ2n) is 5.58. The van der Waals surface area contributed by atoms with Crippen LogP contribution >= 0.6 is 11.5 Å². The lowest BCUT2D eigenvalue weighted by Crippen LogP contribution is -2.23. The average molecular weight is 303 g/mol. The van der Waals surface area contributed by atoms with Crippen LogP contribution < -0.4 is 5.32 Å². The zero-order chi connectivity index (χ0) is 15.2. The number of nitrogens with one attached hydrogen (secondary N) is 1. The van der Waals surface area contributed by atoms with Crippen molar-refractivity contribution >= 4 is 11.5 Å². The molecule has 0 spiro atoms. The number of hydrogen-bond donors (Lipinski definition) is 1. The summed E-state index contributed by atoms with van der Waals surface area (Å²) in [5, 5.41) is 7.93. The number of rotatable bonds is 7. The van der Waals surface area contributed by atoms with Gasteiger partial charge < -0.3 is 5.32 Å². The molecule has 4 heteroatoms. The third-order valence-corrected chi connectivity index (χ3v) is 4.65. The Morgan fingerprint density at radius 2 is 2.05 bits per heavy atom. The molecule has 0 saturated carbocycles. The van der Waals surface area contributed by atoms with E-state index in [1.807, 2.05) is 0 Å². The van der Waals surface area contributed by atoms with Crippen LogP contribution in [0.1, 0.15) is 53.6 Å². The van der Waals surface area contributed by atoms with Crippen molar-refractivity contribution < 1.29 is 0 Å². The van der Waals surface area contributed by atoms with E-state index in [1.54, 1.807) is 11.5 Å². The van der Waals surface area contributed by atoms with Crippen molar-refractivity contribution in [2.24, 2.45) is 0 Å². The first-order valence-corrected chi connectivity index (χ1v) is 8.53. The third kappa shape index (κ3) is 4.11. The summed E-state index contributed by atoms with van der Waals surface area (Å²) >= 11 is 1.54. The van der Waals surface area contributed by atoms with Crippen LogP contribution in [-0.4, -0.2) is 16.1 Å². The molecule has 0 aliphatic rings. The smallest absolute Gasteiger partial charge is 0.0803 e. The first-order chi connectivity index (χ1) is 10.2. The molecule has 1 aromatic carbocycles. The van der Waals surface area contributed by atoms with Gasteiger partial charge in [0.15, 0.2) is 0 Å². The molecule has 0 aliphatic carbocycles. The van der Waals surface area contributed by atoms with Gasteiger partial charge in [0.1, 0.15) is 0 Å². The molecule has 0 radical (unpaired) electrons. The molecule has 2 aromatic rings. The van der Waals surface area contributed by atoms with E-state index in [1.165, 1.54) is 27.3 Å². The van der Waals surface area contributed by atoms with E-state index in [-0.39, 0.29) is 0 Å². The average Bonchev–Trinajstić information content (AvgIpc) is 2.91. The van der Waals surface area contributed by atoms with Gasteiger partial charge in [0.05, 0.1) is 10.6 Å². The van der Waals surface area contributed by atoms with Gasteiger partial charge in [-0.2, -0.15) is 0 Å². The molecule has 0 amide bonds. The molecular formula is C17H25N3S. The van der Waals surface area contributed by atoms with E-state index < -0.39 is 0 Å². The predicted molar refractivity (Wildman–Crippen MR) is 89.9 cm³/mol. The molecule has 0 saturated heterocycles. The minimum atomic E-state index is 0.317. The van der Waals surface area contributed by atoms with Crippen LogP contribution in [0, 0.1) is 13.8 Å². The van der Waals surface area contributed by atoms with E-state index in [2.05, 4.69) is 60.8 Å². The maximum absolute atomic E-state index is 4.32. The van der Waals surface area contributed by atoms with Gasteiger partial charge in [0, 0.05) is 6.04 Å². The van der Waals surface area contributed by atoms with Crippen LogP contribution in [0.25, 0.3) is 0 Å². The molecule has 21 heavy (non-hydrogen) atoms. The van der Waals surface area contributed by atoms with Gasteiger partial charge in [0.2, 0.25) is 0 Å². The molecular weight excluding hydrogens is 278 g/mol. The summed E-state index contributed by atoms with van der Waals surface area (Å²) < 4.78 is 4.18. The fraction of sp³-hybridized carbons (Fsp3) is 0.529. The molecule has 0 fully saturated rings. The second-order valence-corrected chi connectivity index (χ2v) is 6.36. The quantitative estimate of drug-likeness (QED) is 0.840. The van der Waals surface area contributed by atoms with E-state index in [0.717, 1.165) is 25.8 Å². The Morgan fingerprint density at radius 1 is 1.24 bits per heavy atom. The molecule has 1 heterocycles. The number of benzene rings is 1. The van der Waals surface area contributed by atoms with Gasteiger partial charge in [-0.05, 0) is 55.9 Å². The zero-order valence-corrected chi connectivity index (χ0v) is 14.3. The topological polar surface area (TPSA) is 37.8 Å². The van der Waals surface area contributed by atoms with Crippen molar-refractivity contribution in [1.29, 1.82) is 0 Å². The highest BCUT2D eigenvalue weighted by molar-refractivity contribution is 7.05. The van der Waals surface area contributed by atoms with Crippen molar-refractivity contribution in [2.45, 2.75) is 53.0 Å². The standard InChI is InChI=1S/C17H25N3S/c1-5-7-15-17(21-20-19-15)16(18-6-2)11-14-10-12(3)8-9-13(14)4/h8-10,16,18H,5-7,11H2,1-4H3. The highest BCUT2D eigenvalue weighted by Crippen LogP contribution is 2.26. The minimum Gasteiger partial charge on any atom is -0.309 e. The summed E-state index contributed by atoms with van der Waals surface area (Å²) in [6, 6.07) is 7.01. The van der Waals surface area contributed by atoms with Crippen LogP contribution in [-0.2, 0) is 12.8 Å². The third-order valence-electron chi connectivity index (χ3n) is 3.77. The van der Waals surface area contributed by atoms with Crippen LogP contribution in [0.3, 0.4) is 0 Å². The summed E-state index contributed by atoms with van der Waals surface area (Å²) in [5.41, 5.74) is 5.26. The Hall–Kier alpha value is -1.26. The summed E-state index contributed by atoms with van der Waals surface area (Å²) in [4.78, 5) is 1.31. The van der Waals surface area contributed by atoms with Gasteiger partial charge in [-0.15, -0.1) is 5.10 Å². The SMILES string of the molecule is CCCc1nnsc1C(Cc1cc(C)ccc1C)NCC. The van der Waals surface area contributed by atoms with E-state index >= 15 is 0 Å². The molecule has 1 atom stereocenters. The highest BCUT2D eigenvalue weighted by Gasteiger charge is 2.19. The van der Waals surface area contributed by atoms with Crippen molar-refractivity contribution in [1.82, 2.24) is 14.9 Å². The molecule has 0 aliphatic heterocycles. The first kappa shape index (κ1) is 16.1. The summed E-state index contributed by atoms with van der Waals surface area (Å²) in [7, 11) is 0. The molecule has 114 valence electrons. The Labute approximate surface area is 132 Å².